The van der Waals surface area contributed by atoms with Crippen molar-refractivity contribution < 1.29 is 0 Å². The molecule has 0 amide bonds. The summed E-state index contributed by atoms with van der Waals surface area (Å²) in [6.45, 7) is 13.7. The summed E-state index contributed by atoms with van der Waals surface area (Å²) in [5, 5.41) is 0. The Morgan fingerprint density at radius 1 is 0.543 bits per heavy atom. The second-order valence-electron chi connectivity index (χ2n) is 11.4. The third kappa shape index (κ3) is 4.14. The summed E-state index contributed by atoms with van der Waals surface area (Å²) < 4.78 is 0. The van der Waals surface area contributed by atoms with Gasteiger partial charge in [0.05, 0.1) is 5.41 Å². The first-order chi connectivity index (χ1) is 16.8. The maximum Gasteiger partial charge on any atom is 0.0713 e. The predicted molar refractivity (Wildman–Crippen MR) is 150 cm³/mol. The van der Waals surface area contributed by atoms with Gasteiger partial charge in [-0.05, 0) is 83.0 Å². The average molecular weight is 459 g/mol. The molecule has 0 saturated heterocycles. The van der Waals surface area contributed by atoms with E-state index in [9.17, 15) is 0 Å². The smallest absolute Gasteiger partial charge is 0.0625 e. The lowest BCUT2D eigenvalue weighted by Crippen LogP contribution is -2.29. The lowest BCUT2D eigenvalue weighted by molar-refractivity contribution is 0.643. The Hall–Kier alpha value is -3.12. The molecule has 0 atom stereocenters. The van der Waals surface area contributed by atoms with E-state index in [0.717, 1.165) is 12.8 Å². The van der Waals surface area contributed by atoms with Crippen LogP contribution in [0.4, 0.5) is 0 Å². The van der Waals surface area contributed by atoms with Gasteiger partial charge in [-0.2, -0.15) is 0 Å². The van der Waals surface area contributed by atoms with Gasteiger partial charge in [-0.15, -0.1) is 0 Å². The molecule has 4 aromatic carbocycles. The zero-order chi connectivity index (χ0) is 24.7. The van der Waals surface area contributed by atoms with Gasteiger partial charge in [0.2, 0.25) is 0 Å². The number of aryl methyl sites for hydroxylation is 2. The molecule has 0 fully saturated rings. The molecule has 0 N–H and O–H groups in total. The van der Waals surface area contributed by atoms with E-state index in [2.05, 4.69) is 126 Å². The summed E-state index contributed by atoms with van der Waals surface area (Å²) in [6, 6.07) is 32.9. The SMILES string of the molecule is Cc1ccc2c(c1)C(c1cccc(CC(C)C)c1)(c1cccc(CC(C)C)c1)c1cc(C)ccc1-2. The first kappa shape index (κ1) is 23.6. The highest BCUT2D eigenvalue weighted by Gasteiger charge is 2.46. The third-order valence-electron chi connectivity index (χ3n) is 7.46. The van der Waals surface area contributed by atoms with E-state index in [1.807, 2.05) is 0 Å². The molecule has 0 aliphatic heterocycles. The van der Waals surface area contributed by atoms with Crippen molar-refractivity contribution in [3.05, 3.63) is 129 Å². The summed E-state index contributed by atoms with van der Waals surface area (Å²) in [5.41, 5.74) is 13.5. The van der Waals surface area contributed by atoms with E-state index in [1.165, 1.54) is 55.6 Å². The minimum absolute atomic E-state index is 0.317. The molecule has 0 heteroatoms. The summed E-state index contributed by atoms with van der Waals surface area (Å²) in [5.74, 6) is 1.26. The molecular weight excluding hydrogens is 420 g/mol. The second kappa shape index (κ2) is 9.15. The second-order valence-corrected chi connectivity index (χ2v) is 11.4. The van der Waals surface area contributed by atoms with Crippen LogP contribution in [0.3, 0.4) is 0 Å². The number of benzene rings is 4. The molecule has 5 rings (SSSR count). The molecule has 0 aromatic heterocycles. The van der Waals surface area contributed by atoms with E-state index in [0.29, 0.717) is 11.8 Å². The summed E-state index contributed by atoms with van der Waals surface area (Å²) in [7, 11) is 0. The normalized spacial score (nSPS) is 13.8. The van der Waals surface area contributed by atoms with Crippen LogP contribution in [-0.2, 0) is 18.3 Å². The number of fused-ring (bicyclic) bond motifs is 3. The van der Waals surface area contributed by atoms with E-state index in [1.54, 1.807) is 0 Å². The van der Waals surface area contributed by atoms with Gasteiger partial charge >= 0.3 is 0 Å². The molecule has 0 bridgehead atoms. The molecule has 4 aromatic rings. The molecule has 178 valence electrons. The van der Waals surface area contributed by atoms with Crippen LogP contribution in [0, 0.1) is 25.7 Å². The van der Waals surface area contributed by atoms with E-state index in [4.69, 9.17) is 0 Å². The zero-order valence-corrected chi connectivity index (χ0v) is 22.2. The highest BCUT2D eigenvalue weighted by molar-refractivity contribution is 5.86. The first-order valence-corrected chi connectivity index (χ1v) is 13.2. The van der Waals surface area contributed by atoms with Crippen LogP contribution in [-0.4, -0.2) is 0 Å². The van der Waals surface area contributed by atoms with Gasteiger partial charge < -0.3 is 0 Å². The fourth-order valence-corrected chi connectivity index (χ4v) is 6.15. The number of hydrogen-bond acceptors (Lipinski definition) is 0. The van der Waals surface area contributed by atoms with Crippen molar-refractivity contribution in [1.82, 2.24) is 0 Å². The number of rotatable bonds is 6. The fourth-order valence-electron chi connectivity index (χ4n) is 6.15. The molecule has 0 spiro atoms. The van der Waals surface area contributed by atoms with Gasteiger partial charge in [-0.25, -0.2) is 0 Å². The van der Waals surface area contributed by atoms with Crippen molar-refractivity contribution in [3.63, 3.8) is 0 Å². The van der Waals surface area contributed by atoms with E-state index in [-0.39, 0.29) is 5.41 Å². The van der Waals surface area contributed by atoms with Gasteiger partial charge in [0.15, 0.2) is 0 Å². The third-order valence-corrected chi connectivity index (χ3v) is 7.46. The lowest BCUT2D eigenvalue weighted by Gasteiger charge is -2.35. The average Bonchev–Trinajstić information content (AvgIpc) is 3.08. The van der Waals surface area contributed by atoms with Crippen LogP contribution in [0.5, 0.6) is 0 Å². The summed E-state index contributed by atoms with van der Waals surface area (Å²) in [6.07, 6.45) is 2.19. The van der Waals surface area contributed by atoms with Gasteiger partial charge in [0.1, 0.15) is 0 Å². The largest absolute Gasteiger partial charge is 0.0713 e. The maximum absolute atomic E-state index is 2.48. The van der Waals surface area contributed by atoms with Crippen molar-refractivity contribution in [1.29, 1.82) is 0 Å². The Kier molecular flexibility index (Phi) is 6.18. The standard InChI is InChI=1S/C35H38/c1-23(2)17-27-9-7-11-29(21-27)35(30-12-8-10-28(22-30)18-24(3)4)33-19-25(5)13-15-31(33)32-16-14-26(6)20-34(32)35/h7-16,19-24H,17-18H2,1-6H3. The maximum atomic E-state index is 2.48. The van der Waals surface area contributed by atoms with Gasteiger partial charge in [0, 0.05) is 0 Å². The van der Waals surface area contributed by atoms with Crippen molar-refractivity contribution >= 4 is 0 Å². The molecule has 1 aliphatic carbocycles. The minimum atomic E-state index is -0.317. The van der Waals surface area contributed by atoms with Crippen LogP contribution < -0.4 is 0 Å². The van der Waals surface area contributed by atoms with Crippen LogP contribution in [0.1, 0.15) is 72.2 Å². The molecule has 1 aliphatic rings. The van der Waals surface area contributed by atoms with Gasteiger partial charge in [-0.1, -0.05) is 124 Å². The van der Waals surface area contributed by atoms with Crippen LogP contribution in [0.2, 0.25) is 0 Å². The van der Waals surface area contributed by atoms with Crippen LogP contribution in [0.25, 0.3) is 11.1 Å². The molecule has 35 heavy (non-hydrogen) atoms. The van der Waals surface area contributed by atoms with Crippen molar-refractivity contribution in [3.8, 4) is 11.1 Å². The van der Waals surface area contributed by atoms with Crippen LogP contribution in [0.15, 0.2) is 84.9 Å². The van der Waals surface area contributed by atoms with Gasteiger partial charge in [0.25, 0.3) is 0 Å². The Labute approximate surface area is 212 Å². The summed E-state index contributed by atoms with van der Waals surface area (Å²) >= 11 is 0. The topological polar surface area (TPSA) is 0 Å². The quantitative estimate of drug-likeness (QED) is 0.238. The van der Waals surface area contributed by atoms with Crippen molar-refractivity contribution in [2.45, 2.75) is 59.8 Å². The molecule has 0 saturated carbocycles. The fraction of sp³-hybridized carbons (Fsp3) is 0.314. The Morgan fingerprint density at radius 2 is 0.971 bits per heavy atom. The predicted octanol–water partition coefficient (Wildman–Crippen LogP) is 9.06. The van der Waals surface area contributed by atoms with E-state index >= 15 is 0 Å². The summed E-state index contributed by atoms with van der Waals surface area (Å²) in [4.78, 5) is 0. The molecule has 0 nitrogen and oxygen atoms in total. The molecule has 0 heterocycles. The first-order valence-electron chi connectivity index (χ1n) is 13.2. The highest BCUT2D eigenvalue weighted by atomic mass is 14.5. The van der Waals surface area contributed by atoms with Crippen LogP contribution >= 0.6 is 0 Å². The molecular formula is C35H38. The zero-order valence-electron chi connectivity index (χ0n) is 22.2. The van der Waals surface area contributed by atoms with Crippen molar-refractivity contribution in [2.75, 3.05) is 0 Å². The molecule has 0 radical (unpaired) electrons. The van der Waals surface area contributed by atoms with Crippen molar-refractivity contribution in [2.24, 2.45) is 11.8 Å². The lowest BCUT2D eigenvalue weighted by atomic mass is 9.66. The monoisotopic (exact) mass is 458 g/mol. The Balaban J connectivity index is 1.89. The molecule has 0 unspecified atom stereocenters. The number of hydrogen-bond donors (Lipinski definition) is 0. The highest BCUT2D eigenvalue weighted by Crippen LogP contribution is 2.56. The Morgan fingerprint density at radius 3 is 1.37 bits per heavy atom. The van der Waals surface area contributed by atoms with E-state index < -0.39 is 0 Å². The Bertz CT molecular complexity index is 1260. The van der Waals surface area contributed by atoms with Gasteiger partial charge in [-0.3, -0.25) is 0 Å². The minimum Gasteiger partial charge on any atom is -0.0625 e.